The molecule has 6 heteroatoms. The van der Waals surface area contributed by atoms with Crippen molar-refractivity contribution in [2.45, 2.75) is 0 Å². The molecule has 0 amide bonds. The fraction of sp³-hybridized carbons (Fsp3) is 0. The van der Waals surface area contributed by atoms with E-state index in [2.05, 4.69) is 16.0 Å². The minimum atomic E-state index is -0.168. The summed E-state index contributed by atoms with van der Waals surface area (Å²) in [4.78, 5) is 21.2. The van der Waals surface area contributed by atoms with Crippen LogP contribution in [0.15, 0.2) is 89.7 Å². The van der Waals surface area contributed by atoms with Crippen LogP contribution in [0.4, 0.5) is 0 Å². The lowest BCUT2D eigenvalue weighted by Crippen LogP contribution is -2.30. The second kappa shape index (κ2) is 7.90. The van der Waals surface area contributed by atoms with Crippen LogP contribution in [0.3, 0.4) is 0 Å². The quantitative estimate of drug-likeness (QED) is 0.487. The highest BCUT2D eigenvalue weighted by atomic mass is 32.1. The Labute approximate surface area is 181 Å². The SMILES string of the molecule is N#C/C(c1nc2ccccc2[nH]1)=c1\s/c(=C\c2ccccc2)c(=O)n1-c1ccccc1. The van der Waals surface area contributed by atoms with Crippen molar-refractivity contribution in [3.63, 3.8) is 0 Å². The molecule has 0 saturated heterocycles. The Morgan fingerprint density at radius 1 is 0.968 bits per heavy atom. The highest BCUT2D eigenvalue weighted by Gasteiger charge is 2.15. The van der Waals surface area contributed by atoms with Gasteiger partial charge < -0.3 is 4.98 Å². The number of benzene rings is 3. The molecule has 0 bridgehead atoms. The number of thiazole rings is 1. The lowest BCUT2D eigenvalue weighted by atomic mass is 10.2. The molecule has 2 aromatic heterocycles. The summed E-state index contributed by atoms with van der Waals surface area (Å²) in [6.07, 6.45) is 1.85. The van der Waals surface area contributed by atoms with Crippen molar-refractivity contribution in [1.82, 2.24) is 14.5 Å². The molecule has 2 heterocycles. The topological polar surface area (TPSA) is 74.5 Å². The molecule has 0 aliphatic heterocycles. The number of nitrogens with zero attached hydrogens (tertiary/aromatic N) is 3. The van der Waals surface area contributed by atoms with Gasteiger partial charge >= 0.3 is 0 Å². The van der Waals surface area contributed by atoms with E-state index in [9.17, 15) is 10.1 Å². The summed E-state index contributed by atoms with van der Waals surface area (Å²) >= 11 is 1.29. The number of fused-ring (bicyclic) bond motifs is 1. The fourth-order valence-electron chi connectivity index (χ4n) is 3.44. The maximum Gasteiger partial charge on any atom is 0.273 e. The first-order chi connectivity index (χ1) is 15.2. The molecule has 0 saturated carbocycles. The van der Waals surface area contributed by atoms with Crippen LogP contribution in [-0.4, -0.2) is 14.5 Å². The van der Waals surface area contributed by atoms with Crippen molar-refractivity contribution in [2.24, 2.45) is 0 Å². The molecule has 3 aromatic carbocycles. The van der Waals surface area contributed by atoms with Crippen molar-refractivity contribution in [1.29, 1.82) is 5.26 Å². The standard InChI is InChI=1S/C25H16N4OS/c26-16-19(23-27-20-13-7-8-14-21(20)28-23)25-29(18-11-5-2-6-12-18)24(30)22(31-25)15-17-9-3-1-4-10-17/h1-15H,(H,27,28)/b22-15-,25-19+. The number of hydrogen-bond donors (Lipinski definition) is 1. The molecule has 0 atom stereocenters. The maximum atomic E-state index is 13.4. The van der Waals surface area contributed by atoms with Crippen LogP contribution < -0.4 is 14.8 Å². The highest BCUT2D eigenvalue weighted by molar-refractivity contribution is 7.07. The van der Waals surface area contributed by atoms with Crippen LogP contribution in [0.5, 0.6) is 0 Å². The predicted molar refractivity (Wildman–Crippen MR) is 123 cm³/mol. The molecule has 5 rings (SSSR count). The molecular weight excluding hydrogens is 404 g/mol. The Morgan fingerprint density at radius 2 is 1.65 bits per heavy atom. The van der Waals surface area contributed by atoms with Crippen LogP contribution in [0.2, 0.25) is 0 Å². The zero-order valence-corrected chi connectivity index (χ0v) is 17.1. The number of imidazole rings is 1. The minimum Gasteiger partial charge on any atom is -0.337 e. The Morgan fingerprint density at radius 3 is 2.35 bits per heavy atom. The van der Waals surface area contributed by atoms with Gasteiger partial charge in [0.1, 0.15) is 16.3 Å². The van der Waals surface area contributed by atoms with Gasteiger partial charge in [0, 0.05) is 0 Å². The summed E-state index contributed by atoms with van der Waals surface area (Å²) in [5.41, 5.74) is 3.40. The van der Waals surface area contributed by atoms with Gasteiger partial charge in [0.25, 0.3) is 5.56 Å². The molecule has 5 nitrogen and oxygen atoms in total. The summed E-state index contributed by atoms with van der Waals surface area (Å²) in [5.74, 6) is 0.445. The molecule has 0 aliphatic carbocycles. The predicted octanol–water partition coefficient (Wildman–Crippen LogP) is 3.33. The van der Waals surface area contributed by atoms with Gasteiger partial charge in [0.15, 0.2) is 5.82 Å². The molecule has 31 heavy (non-hydrogen) atoms. The van der Waals surface area contributed by atoms with E-state index in [1.54, 1.807) is 4.57 Å². The zero-order chi connectivity index (χ0) is 21.2. The summed E-state index contributed by atoms with van der Waals surface area (Å²) in [6.45, 7) is 0. The second-order valence-corrected chi connectivity index (χ2v) is 7.92. The summed E-state index contributed by atoms with van der Waals surface area (Å²) in [7, 11) is 0. The first-order valence-electron chi connectivity index (χ1n) is 9.68. The second-order valence-electron chi connectivity index (χ2n) is 6.89. The zero-order valence-electron chi connectivity index (χ0n) is 16.3. The van der Waals surface area contributed by atoms with E-state index >= 15 is 0 Å². The van der Waals surface area contributed by atoms with Gasteiger partial charge in [-0.1, -0.05) is 60.7 Å². The van der Waals surface area contributed by atoms with E-state index in [1.165, 1.54) is 11.3 Å². The summed E-state index contributed by atoms with van der Waals surface area (Å²) in [5, 5.41) is 10.1. The van der Waals surface area contributed by atoms with Gasteiger partial charge in [-0.3, -0.25) is 9.36 Å². The molecule has 0 aliphatic rings. The normalized spacial score (nSPS) is 12.7. The van der Waals surface area contributed by atoms with Gasteiger partial charge in [-0.2, -0.15) is 5.26 Å². The third kappa shape index (κ3) is 3.48. The van der Waals surface area contributed by atoms with Crippen molar-refractivity contribution < 1.29 is 0 Å². The van der Waals surface area contributed by atoms with Gasteiger partial charge in [0.05, 0.1) is 21.3 Å². The Balaban J connectivity index is 1.87. The lowest BCUT2D eigenvalue weighted by molar-refractivity contribution is 0.984. The average Bonchev–Trinajstić information content (AvgIpc) is 3.37. The summed E-state index contributed by atoms with van der Waals surface area (Å²) < 4.78 is 2.68. The van der Waals surface area contributed by atoms with E-state index in [0.29, 0.717) is 26.3 Å². The molecular formula is C25H16N4OS. The van der Waals surface area contributed by atoms with Gasteiger partial charge in [-0.05, 0) is 35.9 Å². The molecule has 148 valence electrons. The number of aromatic amines is 1. The average molecular weight is 420 g/mol. The number of nitrogens with one attached hydrogen (secondary N) is 1. The van der Waals surface area contributed by atoms with E-state index in [1.807, 2.05) is 91.0 Å². The monoisotopic (exact) mass is 420 g/mol. The smallest absolute Gasteiger partial charge is 0.273 e. The van der Waals surface area contributed by atoms with E-state index in [-0.39, 0.29) is 5.56 Å². The van der Waals surface area contributed by atoms with Crippen LogP contribution >= 0.6 is 11.3 Å². The Bertz CT molecular complexity index is 1570. The first kappa shape index (κ1) is 18.8. The van der Waals surface area contributed by atoms with Gasteiger partial charge in [0.2, 0.25) is 0 Å². The number of hydrogen-bond acceptors (Lipinski definition) is 4. The van der Waals surface area contributed by atoms with Crippen LogP contribution in [0.1, 0.15) is 11.4 Å². The number of rotatable bonds is 3. The molecule has 1 N–H and O–H groups in total. The number of para-hydroxylation sites is 3. The number of nitriles is 1. The van der Waals surface area contributed by atoms with E-state index < -0.39 is 0 Å². The van der Waals surface area contributed by atoms with Crippen LogP contribution in [0.25, 0.3) is 28.4 Å². The van der Waals surface area contributed by atoms with E-state index in [4.69, 9.17) is 0 Å². The maximum absolute atomic E-state index is 13.4. The fourth-order valence-corrected chi connectivity index (χ4v) is 4.54. The van der Waals surface area contributed by atoms with Crippen molar-refractivity contribution in [3.05, 3.63) is 116 Å². The Kier molecular flexibility index (Phi) is 4.79. The third-order valence-electron chi connectivity index (χ3n) is 4.89. The molecule has 0 spiro atoms. The van der Waals surface area contributed by atoms with Crippen molar-refractivity contribution in [3.8, 4) is 11.8 Å². The van der Waals surface area contributed by atoms with Crippen LogP contribution in [-0.2, 0) is 0 Å². The molecule has 0 radical (unpaired) electrons. The van der Waals surface area contributed by atoms with Gasteiger partial charge in [-0.25, -0.2) is 4.98 Å². The largest absolute Gasteiger partial charge is 0.337 e. The minimum absolute atomic E-state index is 0.168. The molecule has 0 fully saturated rings. The first-order valence-corrected chi connectivity index (χ1v) is 10.5. The Hall–Kier alpha value is -4.21. The van der Waals surface area contributed by atoms with Crippen molar-refractivity contribution in [2.75, 3.05) is 0 Å². The highest BCUT2D eigenvalue weighted by Crippen LogP contribution is 2.15. The third-order valence-corrected chi connectivity index (χ3v) is 5.98. The summed E-state index contributed by atoms with van der Waals surface area (Å²) in [6, 6.07) is 28.9. The van der Waals surface area contributed by atoms with Crippen molar-refractivity contribution >= 4 is 34.0 Å². The van der Waals surface area contributed by atoms with E-state index in [0.717, 1.165) is 16.6 Å². The number of H-pyrrole nitrogens is 1. The number of aromatic nitrogens is 3. The van der Waals surface area contributed by atoms with Crippen LogP contribution in [0, 0.1) is 11.3 Å². The van der Waals surface area contributed by atoms with Gasteiger partial charge in [-0.15, -0.1) is 11.3 Å². The lowest BCUT2D eigenvalue weighted by Gasteiger charge is -2.02. The molecule has 5 aromatic rings. The molecule has 0 unspecified atom stereocenters.